The van der Waals surface area contributed by atoms with E-state index < -0.39 is 0 Å². The van der Waals surface area contributed by atoms with Crippen molar-refractivity contribution in [2.45, 2.75) is 52.9 Å². The Bertz CT molecular complexity index is 92.2. The van der Waals surface area contributed by atoms with Crippen LogP contribution >= 0.6 is 0 Å². The second-order valence-electron chi connectivity index (χ2n) is 3.31. The maximum Gasteiger partial charge on any atom is -0.0265 e. The van der Waals surface area contributed by atoms with Gasteiger partial charge in [-0.2, -0.15) is 0 Å². The molecule has 0 spiro atoms. The Labute approximate surface area is 71.7 Å². The van der Waals surface area contributed by atoms with E-state index in [1.165, 1.54) is 32.1 Å². The monoisotopic (exact) mass is 154 g/mol. The van der Waals surface area contributed by atoms with Crippen LogP contribution in [0.2, 0.25) is 0 Å². The van der Waals surface area contributed by atoms with Gasteiger partial charge in [0.05, 0.1) is 0 Å². The summed E-state index contributed by atoms with van der Waals surface area (Å²) in [5, 5.41) is 0. The molecule has 0 bridgehead atoms. The second kappa shape index (κ2) is 7.84. The summed E-state index contributed by atoms with van der Waals surface area (Å²) >= 11 is 0. The molecule has 11 heavy (non-hydrogen) atoms. The molecule has 0 fully saturated rings. The van der Waals surface area contributed by atoms with E-state index in [4.69, 9.17) is 0 Å². The number of allylic oxidation sites excluding steroid dienone is 2. The average molecular weight is 154 g/mol. The Balaban J connectivity index is 3.15. The molecule has 0 aliphatic carbocycles. The zero-order valence-electron chi connectivity index (χ0n) is 8.27. The fourth-order valence-electron chi connectivity index (χ4n) is 0.977. The van der Waals surface area contributed by atoms with E-state index in [1.807, 2.05) is 0 Å². The van der Waals surface area contributed by atoms with Crippen molar-refractivity contribution in [3.63, 3.8) is 0 Å². The second-order valence-corrected chi connectivity index (χ2v) is 3.31. The summed E-state index contributed by atoms with van der Waals surface area (Å²) in [7, 11) is 0. The van der Waals surface area contributed by atoms with Crippen molar-refractivity contribution >= 4 is 0 Å². The Morgan fingerprint density at radius 1 is 1.18 bits per heavy atom. The highest BCUT2D eigenvalue weighted by molar-refractivity contribution is 4.85. The Morgan fingerprint density at radius 2 is 1.91 bits per heavy atom. The molecular formula is C11H22. The van der Waals surface area contributed by atoms with Gasteiger partial charge in [-0.05, 0) is 18.8 Å². The largest absolute Gasteiger partial charge is 0.0883 e. The molecule has 0 aliphatic rings. The number of hydrogen-bond acceptors (Lipinski definition) is 0. The molecular weight excluding hydrogens is 132 g/mol. The van der Waals surface area contributed by atoms with Gasteiger partial charge in [0.15, 0.2) is 0 Å². The van der Waals surface area contributed by atoms with Crippen molar-refractivity contribution in [1.82, 2.24) is 0 Å². The summed E-state index contributed by atoms with van der Waals surface area (Å²) in [6, 6.07) is 0. The van der Waals surface area contributed by atoms with E-state index >= 15 is 0 Å². The first-order chi connectivity index (χ1) is 5.31. The molecule has 0 nitrogen and oxygen atoms in total. The molecule has 0 saturated heterocycles. The predicted octanol–water partition coefficient (Wildman–Crippen LogP) is 4.17. The zero-order chi connectivity index (χ0) is 8.53. The molecule has 0 aromatic carbocycles. The van der Waals surface area contributed by atoms with Crippen LogP contribution in [0.3, 0.4) is 0 Å². The van der Waals surface area contributed by atoms with Crippen LogP contribution in [0.4, 0.5) is 0 Å². The van der Waals surface area contributed by atoms with Crippen molar-refractivity contribution in [2.75, 3.05) is 0 Å². The van der Waals surface area contributed by atoms with Crippen LogP contribution in [-0.2, 0) is 0 Å². The third-order valence-electron chi connectivity index (χ3n) is 2.08. The molecule has 1 atom stereocenters. The van der Waals surface area contributed by atoms with Gasteiger partial charge in [0, 0.05) is 0 Å². The van der Waals surface area contributed by atoms with Crippen LogP contribution in [0, 0.1) is 5.92 Å². The number of rotatable bonds is 6. The number of unbranched alkanes of at least 4 members (excludes halogenated alkanes) is 3. The third-order valence-corrected chi connectivity index (χ3v) is 2.08. The van der Waals surface area contributed by atoms with E-state index in [-0.39, 0.29) is 0 Å². The lowest BCUT2D eigenvalue weighted by Gasteiger charge is -1.98. The fraction of sp³-hybridized carbons (Fsp3) is 0.818. The minimum absolute atomic E-state index is 0.775. The lowest BCUT2D eigenvalue weighted by Crippen LogP contribution is -1.83. The minimum Gasteiger partial charge on any atom is -0.0883 e. The summed E-state index contributed by atoms with van der Waals surface area (Å²) in [5.74, 6) is 0.775. The van der Waals surface area contributed by atoms with Gasteiger partial charge in [-0.3, -0.25) is 0 Å². The quantitative estimate of drug-likeness (QED) is 0.398. The van der Waals surface area contributed by atoms with Crippen LogP contribution < -0.4 is 0 Å². The van der Waals surface area contributed by atoms with E-state index in [0.29, 0.717) is 0 Å². The van der Waals surface area contributed by atoms with Crippen molar-refractivity contribution < 1.29 is 0 Å². The average Bonchev–Trinajstić information content (AvgIpc) is 2.04. The molecule has 0 radical (unpaired) electrons. The molecule has 0 heterocycles. The number of hydrogen-bond donors (Lipinski definition) is 0. The lowest BCUT2D eigenvalue weighted by atomic mass is 10.1. The minimum atomic E-state index is 0.775. The lowest BCUT2D eigenvalue weighted by molar-refractivity contribution is 0.685. The summed E-state index contributed by atoms with van der Waals surface area (Å²) < 4.78 is 0. The van der Waals surface area contributed by atoms with Crippen molar-refractivity contribution in [3.8, 4) is 0 Å². The molecule has 1 unspecified atom stereocenters. The molecule has 0 saturated carbocycles. The first-order valence-electron chi connectivity index (χ1n) is 4.97. The molecule has 0 N–H and O–H groups in total. The maximum atomic E-state index is 2.34. The van der Waals surface area contributed by atoms with Crippen molar-refractivity contribution in [3.05, 3.63) is 12.2 Å². The van der Waals surface area contributed by atoms with Crippen LogP contribution in [0.5, 0.6) is 0 Å². The van der Waals surface area contributed by atoms with Gasteiger partial charge < -0.3 is 0 Å². The van der Waals surface area contributed by atoms with Gasteiger partial charge in [-0.25, -0.2) is 0 Å². The van der Waals surface area contributed by atoms with Gasteiger partial charge in [-0.15, -0.1) is 0 Å². The molecule has 0 aromatic rings. The van der Waals surface area contributed by atoms with Gasteiger partial charge in [0.2, 0.25) is 0 Å². The first kappa shape index (κ1) is 10.7. The highest BCUT2D eigenvalue weighted by Crippen LogP contribution is 2.05. The smallest absolute Gasteiger partial charge is 0.0265 e. The van der Waals surface area contributed by atoms with Gasteiger partial charge >= 0.3 is 0 Å². The summed E-state index contributed by atoms with van der Waals surface area (Å²) in [4.78, 5) is 0. The Morgan fingerprint density at radius 3 is 2.45 bits per heavy atom. The zero-order valence-corrected chi connectivity index (χ0v) is 8.27. The predicted molar refractivity (Wildman–Crippen MR) is 52.7 cm³/mol. The van der Waals surface area contributed by atoms with E-state index in [2.05, 4.69) is 32.9 Å². The van der Waals surface area contributed by atoms with Gasteiger partial charge in [0.1, 0.15) is 0 Å². The van der Waals surface area contributed by atoms with Crippen LogP contribution in [0.25, 0.3) is 0 Å². The summed E-state index contributed by atoms with van der Waals surface area (Å²) in [6.07, 6.45) is 11.3. The molecule has 0 rings (SSSR count). The summed E-state index contributed by atoms with van der Waals surface area (Å²) in [6.45, 7) is 6.76. The van der Waals surface area contributed by atoms with E-state index in [9.17, 15) is 0 Å². The third kappa shape index (κ3) is 7.64. The van der Waals surface area contributed by atoms with Crippen LogP contribution in [0.15, 0.2) is 12.2 Å². The van der Waals surface area contributed by atoms with Crippen LogP contribution in [-0.4, -0.2) is 0 Å². The summed E-state index contributed by atoms with van der Waals surface area (Å²) in [5.41, 5.74) is 0. The van der Waals surface area contributed by atoms with Gasteiger partial charge in [-0.1, -0.05) is 52.2 Å². The fourth-order valence-corrected chi connectivity index (χ4v) is 0.977. The van der Waals surface area contributed by atoms with Crippen molar-refractivity contribution in [2.24, 2.45) is 5.92 Å². The Kier molecular flexibility index (Phi) is 7.66. The van der Waals surface area contributed by atoms with Crippen LogP contribution in [0.1, 0.15) is 52.9 Å². The first-order valence-corrected chi connectivity index (χ1v) is 4.97. The molecule has 0 aromatic heterocycles. The molecule has 0 heteroatoms. The molecule has 66 valence electrons. The van der Waals surface area contributed by atoms with E-state index in [1.54, 1.807) is 0 Å². The standard InChI is InChI=1S/C11H22/c1-4-6-7-8-9-10-11(3)5-2/h9-11H,4-8H2,1-3H3/b10-9+. The highest BCUT2D eigenvalue weighted by atomic mass is 13.9. The SMILES string of the molecule is CCCCC/C=C/C(C)CC. The Hall–Kier alpha value is -0.260. The van der Waals surface area contributed by atoms with Crippen molar-refractivity contribution in [1.29, 1.82) is 0 Å². The van der Waals surface area contributed by atoms with E-state index in [0.717, 1.165) is 5.92 Å². The topological polar surface area (TPSA) is 0 Å². The maximum absolute atomic E-state index is 2.34. The molecule has 0 amide bonds. The normalized spacial score (nSPS) is 14.1. The molecule has 0 aliphatic heterocycles. The van der Waals surface area contributed by atoms with Gasteiger partial charge in [0.25, 0.3) is 0 Å². The highest BCUT2D eigenvalue weighted by Gasteiger charge is 1.89.